The first-order valence-electron chi connectivity index (χ1n) is 5.46. The molecular weight excluding hydrogens is 236 g/mol. The minimum Gasteiger partial charge on any atom is -0.383 e. The number of hydrogen-bond acceptors (Lipinski definition) is 6. The molecule has 2 N–H and O–H groups in total. The predicted molar refractivity (Wildman–Crippen MR) is 63.1 cm³/mol. The zero-order valence-corrected chi connectivity index (χ0v) is 10.2. The van der Waals surface area contributed by atoms with Gasteiger partial charge in [0, 0.05) is 20.2 Å². The van der Waals surface area contributed by atoms with E-state index in [4.69, 9.17) is 15.7 Å². The third-order valence-corrected chi connectivity index (χ3v) is 2.26. The van der Waals surface area contributed by atoms with Gasteiger partial charge in [0.05, 0.1) is 19.1 Å². The van der Waals surface area contributed by atoms with Crippen molar-refractivity contribution >= 4 is 11.9 Å². The lowest BCUT2D eigenvalue weighted by Gasteiger charge is -2.20. The Bertz CT molecular complexity index is 424. The van der Waals surface area contributed by atoms with Crippen LogP contribution in [0, 0.1) is 11.3 Å². The number of anilines is 1. The van der Waals surface area contributed by atoms with Crippen LogP contribution in [0.15, 0.2) is 6.33 Å². The van der Waals surface area contributed by atoms with Gasteiger partial charge in [0.2, 0.25) is 11.9 Å². The molecule has 1 rings (SSSR count). The lowest BCUT2D eigenvalue weighted by atomic mass is 10.3. The Morgan fingerprint density at radius 1 is 1.67 bits per heavy atom. The molecule has 0 saturated carbocycles. The van der Waals surface area contributed by atoms with Crippen molar-refractivity contribution in [3.05, 3.63) is 6.33 Å². The van der Waals surface area contributed by atoms with E-state index in [9.17, 15) is 4.79 Å². The molecule has 0 aliphatic carbocycles. The largest absolute Gasteiger partial charge is 0.383 e. The van der Waals surface area contributed by atoms with Crippen LogP contribution in [0.4, 0.5) is 5.95 Å². The van der Waals surface area contributed by atoms with E-state index in [-0.39, 0.29) is 24.8 Å². The zero-order chi connectivity index (χ0) is 13.4. The average molecular weight is 252 g/mol. The minimum atomic E-state index is -0.146. The Morgan fingerprint density at radius 2 is 2.44 bits per heavy atom. The van der Waals surface area contributed by atoms with Crippen LogP contribution >= 0.6 is 0 Å². The highest BCUT2D eigenvalue weighted by Gasteiger charge is 2.14. The maximum Gasteiger partial charge on any atom is 0.244 e. The van der Waals surface area contributed by atoms with Crippen molar-refractivity contribution in [3.8, 4) is 6.07 Å². The molecule has 0 saturated heterocycles. The standard InChI is InChI=1S/C10H16N6O2/c1-18-6-5-15(4-2-3-11)9(17)7-16-8-13-10(12)14-16/h8H,2,4-7H2,1H3,(H2,12,14). The van der Waals surface area contributed by atoms with E-state index in [0.717, 1.165) is 0 Å². The number of rotatable bonds is 7. The van der Waals surface area contributed by atoms with Crippen LogP contribution in [0.3, 0.4) is 0 Å². The van der Waals surface area contributed by atoms with Crippen molar-refractivity contribution in [2.75, 3.05) is 32.5 Å². The summed E-state index contributed by atoms with van der Waals surface area (Å²) < 4.78 is 6.29. The minimum absolute atomic E-state index is 0.0549. The maximum absolute atomic E-state index is 12.0. The molecule has 1 aromatic rings. The van der Waals surface area contributed by atoms with Gasteiger partial charge in [0.25, 0.3) is 0 Å². The molecule has 0 aromatic carbocycles. The van der Waals surface area contributed by atoms with E-state index in [1.807, 2.05) is 6.07 Å². The SMILES string of the molecule is COCCN(CCC#N)C(=O)Cn1cnc(N)n1. The zero-order valence-electron chi connectivity index (χ0n) is 10.2. The van der Waals surface area contributed by atoms with Gasteiger partial charge >= 0.3 is 0 Å². The molecule has 0 bridgehead atoms. The number of hydrogen-bond donors (Lipinski definition) is 1. The fourth-order valence-corrected chi connectivity index (χ4v) is 1.37. The van der Waals surface area contributed by atoms with Gasteiger partial charge in [-0.15, -0.1) is 5.10 Å². The first-order chi connectivity index (χ1) is 8.67. The molecule has 0 atom stereocenters. The van der Waals surface area contributed by atoms with Gasteiger partial charge in [0.1, 0.15) is 12.9 Å². The molecule has 98 valence electrons. The van der Waals surface area contributed by atoms with Gasteiger partial charge in [-0.05, 0) is 0 Å². The van der Waals surface area contributed by atoms with Gasteiger partial charge in [-0.2, -0.15) is 5.26 Å². The number of aromatic nitrogens is 3. The number of ether oxygens (including phenoxy) is 1. The smallest absolute Gasteiger partial charge is 0.244 e. The highest BCUT2D eigenvalue weighted by molar-refractivity contribution is 5.75. The third kappa shape index (κ3) is 4.39. The molecule has 0 fully saturated rings. The Labute approximate surface area is 105 Å². The fourth-order valence-electron chi connectivity index (χ4n) is 1.37. The predicted octanol–water partition coefficient (Wildman–Crippen LogP) is -0.751. The number of nitrogens with two attached hydrogens (primary N) is 1. The fraction of sp³-hybridized carbons (Fsp3) is 0.600. The summed E-state index contributed by atoms with van der Waals surface area (Å²) in [5, 5.41) is 12.4. The number of carbonyl (C=O) groups is 1. The normalized spacial score (nSPS) is 10.0. The van der Waals surface area contributed by atoms with E-state index in [1.165, 1.54) is 11.0 Å². The molecule has 0 unspecified atom stereocenters. The van der Waals surface area contributed by atoms with E-state index in [2.05, 4.69) is 10.1 Å². The van der Waals surface area contributed by atoms with E-state index in [1.54, 1.807) is 12.0 Å². The maximum atomic E-state index is 12.0. The van der Waals surface area contributed by atoms with Crippen LogP contribution in [-0.4, -0.2) is 52.4 Å². The van der Waals surface area contributed by atoms with Gasteiger partial charge in [-0.1, -0.05) is 0 Å². The van der Waals surface area contributed by atoms with Crippen LogP contribution in [0.5, 0.6) is 0 Å². The summed E-state index contributed by atoms with van der Waals surface area (Å²) in [6, 6.07) is 2.01. The number of nitrogen functional groups attached to an aromatic ring is 1. The molecule has 1 heterocycles. The van der Waals surface area contributed by atoms with Crippen molar-refractivity contribution in [1.29, 1.82) is 5.26 Å². The number of nitriles is 1. The second kappa shape index (κ2) is 7.24. The van der Waals surface area contributed by atoms with Crippen molar-refractivity contribution < 1.29 is 9.53 Å². The van der Waals surface area contributed by atoms with Crippen molar-refractivity contribution in [3.63, 3.8) is 0 Å². The van der Waals surface area contributed by atoms with Crippen molar-refractivity contribution in [2.24, 2.45) is 0 Å². The summed E-state index contributed by atoms with van der Waals surface area (Å²) in [5.74, 6) is -0.0181. The van der Waals surface area contributed by atoms with Gasteiger partial charge in [0.15, 0.2) is 0 Å². The van der Waals surface area contributed by atoms with E-state index >= 15 is 0 Å². The Balaban J connectivity index is 2.55. The molecule has 0 aliphatic rings. The molecule has 18 heavy (non-hydrogen) atoms. The van der Waals surface area contributed by atoms with Crippen LogP contribution in [-0.2, 0) is 16.1 Å². The Hall–Kier alpha value is -2.14. The van der Waals surface area contributed by atoms with Crippen molar-refractivity contribution in [1.82, 2.24) is 19.7 Å². The second-order valence-electron chi connectivity index (χ2n) is 3.58. The van der Waals surface area contributed by atoms with Crippen molar-refractivity contribution in [2.45, 2.75) is 13.0 Å². The molecule has 8 nitrogen and oxygen atoms in total. The van der Waals surface area contributed by atoms with Crippen LogP contribution < -0.4 is 5.73 Å². The summed E-state index contributed by atoms with van der Waals surface area (Å²) in [6.07, 6.45) is 1.68. The van der Waals surface area contributed by atoms with Crippen LogP contribution in [0.1, 0.15) is 6.42 Å². The number of nitrogens with zero attached hydrogens (tertiary/aromatic N) is 5. The quantitative estimate of drug-likeness (QED) is 0.683. The first-order valence-corrected chi connectivity index (χ1v) is 5.46. The van der Waals surface area contributed by atoms with Crippen LogP contribution in [0.25, 0.3) is 0 Å². The molecule has 1 aromatic heterocycles. The summed E-state index contributed by atoms with van der Waals surface area (Å²) in [5.41, 5.74) is 5.36. The number of carbonyl (C=O) groups excluding carboxylic acids is 1. The lowest BCUT2D eigenvalue weighted by Crippen LogP contribution is -2.37. The number of methoxy groups -OCH3 is 1. The number of amides is 1. The monoisotopic (exact) mass is 252 g/mol. The summed E-state index contributed by atoms with van der Waals surface area (Å²) >= 11 is 0. The molecule has 0 radical (unpaired) electrons. The summed E-state index contributed by atoms with van der Waals surface area (Å²) in [4.78, 5) is 17.3. The average Bonchev–Trinajstić information content (AvgIpc) is 2.75. The highest BCUT2D eigenvalue weighted by atomic mass is 16.5. The van der Waals surface area contributed by atoms with Gasteiger partial charge in [-0.25, -0.2) is 9.67 Å². The molecule has 0 spiro atoms. The Morgan fingerprint density at radius 3 is 3.00 bits per heavy atom. The van der Waals surface area contributed by atoms with Gasteiger partial charge < -0.3 is 15.4 Å². The van der Waals surface area contributed by atoms with Crippen LogP contribution in [0.2, 0.25) is 0 Å². The van der Waals surface area contributed by atoms with E-state index in [0.29, 0.717) is 19.7 Å². The summed E-state index contributed by atoms with van der Waals surface area (Å²) in [6.45, 7) is 1.31. The molecule has 1 amide bonds. The molecular formula is C10H16N6O2. The second-order valence-corrected chi connectivity index (χ2v) is 3.58. The van der Waals surface area contributed by atoms with Gasteiger partial charge in [-0.3, -0.25) is 4.79 Å². The first kappa shape index (κ1) is 13.9. The molecule has 8 heteroatoms. The van der Waals surface area contributed by atoms with E-state index < -0.39 is 0 Å². The topological polar surface area (TPSA) is 110 Å². The summed E-state index contributed by atoms with van der Waals surface area (Å²) in [7, 11) is 1.56. The molecule has 0 aliphatic heterocycles. The third-order valence-electron chi connectivity index (χ3n) is 2.26. The Kier molecular flexibility index (Phi) is 5.60. The highest BCUT2D eigenvalue weighted by Crippen LogP contribution is 1.97. The lowest BCUT2D eigenvalue weighted by molar-refractivity contribution is -0.132.